The van der Waals surface area contributed by atoms with Crippen LogP contribution in [0.4, 0.5) is 5.82 Å². The maximum atomic E-state index is 6.06. The SMILES string of the molecule is CCN(CC)CCCC(C)Nc1cc(Cl)nc(C(C)C)n1. The van der Waals surface area contributed by atoms with Gasteiger partial charge in [0.15, 0.2) is 0 Å². The number of nitrogens with zero attached hydrogens (tertiary/aromatic N) is 3. The average molecular weight is 313 g/mol. The Hall–Kier alpha value is -0.870. The maximum Gasteiger partial charge on any atom is 0.135 e. The molecule has 120 valence electrons. The Bertz CT molecular complexity index is 419. The number of hydrogen-bond acceptors (Lipinski definition) is 4. The molecule has 1 atom stereocenters. The average Bonchev–Trinajstić information content (AvgIpc) is 2.43. The van der Waals surface area contributed by atoms with Crippen LogP contribution in [0, 0.1) is 0 Å². The lowest BCUT2D eigenvalue weighted by atomic mass is 10.1. The molecule has 0 aliphatic heterocycles. The molecule has 0 aliphatic carbocycles. The molecule has 1 heterocycles. The fourth-order valence-electron chi connectivity index (χ4n) is 2.25. The van der Waals surface area contributed by atoms with Gasteiger partial charge in [-0.2, -0.15) is 0 Å². The molecule has 0 aromatic carbocycles. The summed E-state index contributed by atoms with van der Waals surface area (Å²) in [7, 11) is 0. The number of rotatable bonds is 9. The second-order valence-corrected chi connectivity index (χ2v) is 6.19. The molecule has 1 N–H and O–H groups in total. The van der Waals surface area contributed by atoms with E-state index in [0.29, 0.717) is 11.2 Å². The van der Waals surface area contributed by atoms with Crippen molar-refractivity contribution in [3.8, 4) is 0 Å². The molecule has 0 saturated carbocycles. The highest BCUT2D eigenvalue weighted by Crippen LogP contribution is 2.18. The third-order valence-corrected chi connectivity index (χ3v) is 3.82. The minimum atomic E-state index is 0.280. The minimum Gasteiger partial charge on any atom is -0.367 e. The van der Waals surface area contributed by atoms with Crippen LogP contribution in [0.5, 0.6) is 0 Å². The molecule has 0 saturated heterocycles. The molecule has 0 radical (unpaired) electrons. The molecule has 1 aromatic heterocycles. The second kappa shape index (κ2) is 9.21. The van der Waals surface area contributed by atoms with Crippen LogP contribution < -0.4 is 5.32 Å². The van der Waals surface area contributed by atoms with Crippen molar-refractivity contribution in [1.82, 2.24) is 14.9 Å². The zero-order valence-corrected chi connectivity index (χ0v) is 14.7. The number of anilines is 1. The van der Waals surface area contributed by atoms with Gasteiger partial charge in [-0.1, -0.05) is 39.3 Å². The first-order chi connectivity index (χ1) is 9.96. The fraction of sp³-hybridized carbons (Fsp3) is 0.750. The monoisotopic (exact) mass is 312 g/mol. The van der Waals surface area contributed by atoms with Crippen molar-refractivity contribution in [2.45, 2.75) is 59.4 Å². The van der Waals surface area contributed by atoms with Gasteiger partial charge in [0.2, 0.25) is 0 Å². The molecular formula is C16H29ClN4. The first-order valence-electron chi connectivity index (χ1n) is 7.99. The molecule has 1 aromatic rings. The van der Waals surface area contributed by atoms with E-state index >= 15 is 0 Å². The van der Waals surface area contributed by atoms with Crippen molar-refractivity contribution in [2.24, 2.45) is 0 Å². The molecular weight excluding hydrogens is 284 g/mol. The van der Waals surface area contributed by atoms with Gasteiger partial charge in [0.25, 0.3) is 0 Å². The van der Waals surface area contributed by atoms with Crippen molar-refractivity contribution >= 4 is 17.4 Å². The molecule has 1 rings (SSSR count). The second-order valence-electron chi connectivity index (χ2n) is 5.80. The fourth-order valence-corrected chi connectivity index (χ4v) is 2.44. The summed E-state index contributed by atoms with van der Waals surface area (Å²) in [6, 6.07) is 2.18. The van der Waals surface area contributed by atoms with Crippen LogP contribution in [0.1, 0.15) is 59.2 Å². The van der Waals surface area contributed by atoms with Crippen LogP contribution in [0.25, 0.3) is 0 Å². The van der Waals surface area contributed by atoms with Gasteiger partial charge in [-0.25, -0.2) is 9.97 Å². The van der Waals surface area contributed by atoms with Gasteiger partial charge in [0.05, 0.1) is 0 Å². The van der Waals surface area contributed by atoms with Crippen molar-refractivity contribution in [3.63, 3.8) is 0 Å². The Kier molecular flexibility index (Phi) is 7.97. The summed E-state index contributed by atoms with van der Waals surface area (Å²) in [5.74, 6) is 1.90. The van der Waals surface area contributed by atoms with Gasteiger partial charge < -0.3 is 10.2 Å². The van der Waals surface area contributed by atoms with Crippen LogP contribution in [0.15, 0.2) is 6.07 Å². The van der Waals surface area contributed by atoms with Gasteiger partial charge in [0.1, 0.15) is 16.8 Å². The molecule has 0 aliphatic rings. The summed E-state index contributed by atoms with van der Waals surface area (Å²) in [5.41, 5.74) is 0. The Morgan fingerprint density at radius 3 is 2.43 bits per heavy atom. The van der Waals surface area contributed by atoms with E-state index in [1.54, 1.807) is 6.07 Å². The summed E-state index contributed by atoms with van der Waals surface area (Å²) in [5, 5.41) is 3.94. The molecule has 5 heteroatoms. The first-order valence-corrected chi connectivity index (χ1v) is 8.37. The van der Waals surface area contributed by atoms with Crippen molar-refractivity contribution in [3.05, 3.63) is 17.0 Å². The van der Waals surface area contributed by atoms with E-state index in [1.807, 2.05) is 0 Å². The highest BCUT2D eigenvalue weighted by Gasteiger charge is 2.09. The Morgan fingerprint density at radius 1 is 1.19 bits per heavy atom. The number of nitrogens with one attached hydrogen (secondary N) is 1. The molecule has 0 amide bonds. The number of hydrogen-bond donors (Lipinski definition) is 1. The summed E-state index contributed by atoms with van der Waals surface area (Å²) in [6.07, 6.45) is 2.31. The van der Waals surface area contributed by atoms with Crippen molar-refractivity contribution in [2.75, 3.05) is 25.0 Å². The summed E-state index contributed by atoms with van der Waals surface area (Å²) in [4.78, 5) is 11.2. The zero-order chi connectivity index (χ0) is 15.8. The van der Waals surface area contributed by atoms with Crippen LogP contribution in [-0.4, -0.2) is 40.5 Å². The quantitative estimate of drug-likeness (QED) is 0.695. The summed E-state index contributed by atoms with van der Waals surface area (Å²) < 4.78 is 0. The van der Waals surface area contributed by atoms with Crippen molar-refractivity contribution in [1.29, 1.82) is 0 Å². The van der Waals surface area contributed by atoms with E-state index in [0.717, 1.165) is 37.7 Å². The third kappa shape index (κ3) is 6.62. The van der Waals surface area contributed by atoms with Crippen LogP contribution in [0.2, 0.25) is 5.15 Å². The highest BCUT2D eigenvalue weighted by atomic mass is 35.5. The molecule has 0 bridgehead atoms. The van der Waals surface area contributed by atoms with Crippen LogP contribution in [-0.2, 0) is 0 Å². The normalized spacial score (nSPS) is 13.0. The van der Waals surface area contributed by atoms with E-state index in [9.17, 15) is 0 Å². The predicted molar refractivity (Wildman–Crippen MR) is 91.2 cm³/mol. The van der Waals surface area contributed by atoms with E-state index in [-0.39, 0.29) is 5.92 Å². The first kappa shape index (κ1) is 18.2. The Labute approximate surface area is 134 Å². The highest BCUT2D eigenvalue weighted by molar-refractivity contribution is 6.29. The van der Waals surface area contributed by atoms with Gasteiger partial charge in [-0.3, -0.25) is 0 Å². The topological polar surface area (TPSA) is 41.0 Å². The third-order valence-electron chi connectivity index (χ3n) is 3.63. The van der Waals surface area contributed by atoms with Gasteiger partial charge >= 0.3 is 0 Å². The standard InChI is InChI=1S/C16H29ClN4/c1-6-21(7-2)10-8-9-13(5)18-15-11-14(17)19-16(20-15)12(3)4/h11-13H,6-10H2,1-5H3,(H,18,19,20). The Balaban J connectivity index is 2.49. The van der Waals surface area contributed by atoms with E-state index in [4.69, 9.17) is 11.6 Å². The maximum absolute atomic E-state index is 6.06. The van der Waals surface area contributed by atoms with Gasteiger partial charge in [-0.05, 0) is 39.4 Å². The van der Waals surface area contributed by atoms with E-state index < -0.39 is 0 Å². The lowest BCUT2D eigenvalue weighted by Gasteiger charge is -2.20. The Morgan fingerprint density at radius 2 is 1.86 bits per heavy atom. The molecule has 21 heavy (non-hydrogen) atoms. The van der Waals surface area contributed by atoms with Crippen LogP contribution >= 0.6 is 11.6 Å². The predicted octanol–water partition coefficient (Wildman–Crippen LogP) is 4.18. The molecule has 0 fully saturated rings. The lowest BCUT2D eigenvalue weighted by molar-refractivity contribution is 0.295. The number of aromatic nitrogens is 2. The zero-order valence-electron chi connectivity index (χ0n) is 14.0. The van der Waals surface area contributed by atoms with Gasteiger partial charge in [0, 0.05) is 18.0 Å². The van der Waals surface area contributed by atoms with Gasteiger partial charge in [-0.15, -0.1) is 0 Å². The van der Waals surface area contributed by atoms with Crippen LogP contribution in [0.3, 0.4) is 0 Å². The van der Waals surface area contributed by atoms with E-state index in [2.05, 4.69) is 54.8 Å². The molecule has 4 nitrogen and oxygen atoms in total. The smallest absolute Gasteiger partial charge is 0.135 e. The number of halogens is 1. The van der Waals surface area contributed by atoms with Crippen molar-refractivity contribution < 1.29 is 0 Å². The molecule has 1 unspecified atom stereocenters. The summed E-state index contributed by atoms with van der Waals surface area (Å²) >= 11 is 6.06. The molecule has 0 spiro atoms. The minimum absolute atomic E-state index is 0.280. The lowest BCUT2D eigenvalue weighted by Crippen LogP contribution is -2.25. The largest absolute Gasteiger partial charge is 0.367 e. The van der Waals surface area contributed by atoms with E-state index in [1.165, 1.54) is 6.42 Å². The summed E-state index contributed by atoms with van der Waals surface area (Å²) in [6.45, 7) is 14.2.